The summed E-state index contributed by atoms with van der Waals surface area (Å²) in [4.78, 5) is 29.4. The number of hydrogen-bond donors (Lipinski definition) is 1. The highest BCUT2D eigenvalue weighted by atomic mass is 35.5. The maximum Gasteiger partial charge on any atom is 0.264 e. The third-order valence-corrected chi connectivity index (χ3v) is 10.6. The standard InChI is InChI=1S/C33H38Cl3N3O5S/c1-3-31(33(41)37-25-8-6-5-7-9-25)38(21-23-10-19-29(35)30(36)20-23)32(40)22-39(26-13-15-27(16-14-26)44-4-2)45(42,43)28-17-11-24(34)12-18-28/h10-20,25,31H,3-9,21-22H2,1-2H3,(H,37,41)/t31-/m1/s1. The zero-order chi connectivity index (χ0) is 32.6. The summed E-state index contributed by atoms with van der Waals surface area (Å²) in [6.45, 7) is 3.57. The molecule has 1 saturated carbocycles. The van der Waals surface area contributed by atoms with Gasteiger partial charge < -0.3 is 15.0 Å². The molecule has 0 saturated heterocycles. The van der Waals surface area contributed by atoms with Gasteiger partial charge in [-0.15, -0.1) is 0 Å². The van der Waals surface area contributed by atoms with Crippen molar-refractivity contribution in [2.75, 3.05) is 17.5 Å². The molecule has 0 unspecified atom stereocenters. The van der Waals surface area contributed by atoms with Gasteiger partial charge in [-0.2, -0.15) is 0 Å². The van der Waals surface area contributed by atoms with Gasteiger partial charge in [0.2, 0.25) is 11.8 Å². The van der Waals surface area contributed by atoms with Gasteiger partial charge in [-0.1, -0.05) is 67.1 Å². The molecule has 1 N–H and O–H groups in total. The van der Waals surface area contributed by atoms with Crippen LogP contribution >= 0.6 is 34.8 Å². The molecular formula is C33H38Cl3N3O5S. The Labute approximate surface area is 280 Å². The molecule has 2 amide bonds. The van der Waals surface area contributed by atoms with Gasteiger partial charge in [-0.05, 0) is 92.4 Å². The molecule has 0 aliphatic heterocycles. The molecule has 0 bridgehead atoms. The van der Waals surface area contributed by atoms with Crippen molar-refractivity contribution in [1.82, 2.24) is 10.2 Å². The minimum absolute atomic E-state index is 0.0183. The summed E-state index contributed by atoms with van der Waals surface area (Å²) in [6, 6.07) is 16.4. The second-order valence-electron chi connectivity index (χ2n) is 10.9. The number of amides is 2. The van der Waals surface area contributed by atoms with E-state index in [1.165, 1.54) is 29.2 Å². The Morgan fingerprint density at radius 1 is 0.911 bits per heavy atom. The largest absolute Gasteiger partial charge is 0.494 e. The van der Waals surface area contributed by atoms with Gasteiger partial charge >= 0.3 is 0 Å². The van der Waals surface area contributed by atoms with Gasteiger partial charge in [0, 0.05) is 17.6 Å². The van der Waals surface area contributed by atoms with Gasteiger partial charge in [0.05, 0.1) is 27.2 Å². The van der Waals surface area contributed by atoms with Crippen molar-refractivity contribution in [1.29, 1.82) is 0 Å². The van der Waals surface area contributed by atoms with Crippen molar-refractivity contribution >= 4 is 62.3 Å². The van der Waals surface area contributed by atoms with Crippen LogP contribution in [0.25, 0.3) is 0 Å². The zero-order valence-electron chi connectivity index (χ0n) is 25.3. The van der Waals surface area contributed by atoms with Crippen molar-refractivity contribution in [2.45, 2.75) is 75.9 Å². The number of sulfonamides is 1. The van der Waals surface area contributed by atoms with Crippen LogP contribution < -0.4 is 14.4 Å². The minimum atomic E-state index is -4.24. The molecular weight excluding hydrogens is 657 g/mol. The number of hydrogen-bond acceptors (Lipinski definition) is 5. The maximum absolute atomic E-state index is 14.3. The third kappa shape index (κ3) is 9.06. The topological polar surface area (TPSA) is 96.0 Å². The second kappa shape index (κ2) is 16.0. The van der Waals surface area contributed by atoms with Crippen LogP contribution in [0.2, 0.25) is 15.1 Å². The van der Waals surface area contributed by atoms with E-state index in [1.54, 1.807) is 42.5 Å². The van der Waals surface area contributed by atoms with E-state index >= 15 is 0 Å². The number of nitrogens with one attached hydrogen (secondary N) is 1. The summed E-state index contributed by atoms with van der Waals surface area (Å²) in [5.41, 5.74) is 0.908. The number of benzene rings is 3. The number of ether oxygens (including phenoxy) is 1. The van der Waals surface area contributed by atoms with E-state index in [0.29, 0.717) is 39.4 Å². The lowest BCUT2D eigenvalue weighted by Crippen LogP contribution is -2.54. The van der Waals surface area contributed by atoms with E-state index < -0.39 is 28.5 Å². The fourth-order valence-corrected chi connectivity index (χ4v) is 7.30. The van der Waals surface area contributed by atoms with Crippen molar-refractivity contribution < 1.29 is 22.7 Å². The van der Waals surface area contributed by atoms with E-state index in [4.69, 9.17) is 39.5 Å². The van der Waals surface area contributed by atoms with Gasteiger partial charge in [-0.25, -0.2) is 8.42 Å². The lowest BCUT2D eigenvalue weighted by molar-refractivity contribution is -0.140. The predicted molar refractivity (Wildman–Crippen MR) is 180 cm³/mol. The fourth-order valence-electron chi connectivity index (χ4n) is 5.44. The number of carbonyl (C=O) groups is 2. The van der Waals surface area contributed by atoms with Crippen LogP contribution in [0, 0.1) is 0 Å². The Kier molecular flexibility index (Phi) is 12.4. The molecule has 0 radical (unpaired) electrons. The van der Waals surface area contributed by atoms with Crippen molar-refractivity contribution in [3.05, 3.63) is 87.4 Å². The Hall–Kier alpha value is -2.98. The Balaban J connectivity index is 1.72. The molecule has 4 rings (SSSR count). The monoisotopic (exact) mass is 693 g/mol. The molecule has 1 atom stereocenters. The molecule has 8 nitrogen and oxygen atoms in total. The summed E-state index contributed by atoms with van der Waals surface area (Å²) in [5, 5.41) is 4.18. The molecule has 0 heterocycles. The highest BCUT2D eigenvalue weighted by Gasteiger charge is 2.34. The summed E-state index contributed by atoms with van der Waals surface area (Å²) in [7, 11) is -4.24. The van der Waals surface area contributed by atoms with E-state index in [-0.39, 0.29) is 29.1 Å². The SMILES string of the molecule is CCOc1ccc(N(CC(=O)N(Cc2ccc(Cl)c(Cl)c2)[C@H](CC)C(=O)NC2CCCCC2)S(=O)(=O)c2ccc(Cl)cc2)cc1. The minimum Gasteiger partial charge on any atom is -0.494 e. The maximum atomic E-state index is 14.3. The number of rotatable bonds is 13. The van der Waals surface area contributed by atoms with Crippen molar-refractivity contribution in [3.8, 4) is 5.75 Å². The quantitative estimate of drug-likeness (QED) is 0.200. The average molecular weight is 695 g/mol. The lowest BCUT2D eigenvalue weighted by atomic mass is 9.95. The van der Waals surface area contributed by atoms with Gasteiger partial charge in [0.25, 0.3) is 10.0 Å². The Morgan fingerprint density at radius 2 is 1.58 bits per heavy atom. The van der Waals surface area contributed by atoms with Crippen LogP contribution in [0.4, 0.5) is 5.69 Å². The predicted octanol–water partition coefficient (Wildman–Crippen LogP) is 7.50. The van der Waals surface area contributed by atoms with E-state index in [1.807, 2.05) is 13.8 Å². The molecule has 3 aromatic rings. The number of carbonyl (C=O) groups excluding carboxylic acids is 2. The summed E-state index contributed by atoms with van der Waals surface area (Å²) in [5.74, 6) is -0.271. The zero-order valence-corrected chi connectivity index (χ0v) is 28.4. The van der Waals surface area contributed by atoms with Crippen LogP contribution in [0.1, 0.15) is 57.9 Å². The first kappa shape index (κ1) is 34.9. The van der Waals surface area contributed by atoms with Crippen molar-refractivity contribution in [3.63, 3.8) is 0 Å². The Bertz CT molecular complexity index is 1560. The summed E-state index contributed by atoms with van der Waals surface area (Å²) < 4.78 is 34.7. The highest BCUT2D eigenvalue weighted by Crippen LogP contribution is 2.29. The Morgan fingerprint density at radius 3 is 2.18 bits per heavy atom. The van der Waals surface area contributed by atoms with E-state index in [9.17, 15) is 18.0 Å². The molecule has 0 spiro atoms. The molecule has 3 aromatic carbocycles. The number of anilines is 1. The van der Waals surface area contributed by atoms with Gasteiger partial charge in [0.15, 0.2) is 0 Å². The van der Waals surface area contributed by atoms with Gasteiger partial charge in [-0.3, -0.25) is 13.9 Å². The van der Waals surface area contributed by atoms with E-state index in [0.717, 1.165) is 36.4 Å². The van der Waals surface area contributed by atoms with E-state index in [2.05, 4.69) is 5.32 Å². The molecule has 1 aliphatic carbocycles. The molecule has 242 valence electrons. The van der Waals surface area contributed by atoms with Crippen LogP contribution in [0.15, 0.2) is 71.6 Å². The first-order valence-electron chi connectivity index (χ1n) is 15.1. The highest BCUT2D eigenvalue weighted by molar-refractivity contribution is 7.92. The molecule has 45 heavy (non-hydrogen) atoms. The molecule has 1 aliphatic rings. The van der Waals surface area contributed by atoms with Crippen LogP contribution in [-0.4, -0.2) is 50.4 Å². The normalized spacial score (nSPS) is 14.4. The third-order valence-electron chi connectivity index (χ3n) is 7.79. The van der Waals surface area contributed by atoms with Crippen LogP contribution in [0.5, 0.6) is 5.75 Å². The van der Waals surface area contributed by atoms with Crippen LogP contribution in [-0.2, 0) is 26.2 Å². The lowest BCUT2D eigenvalue weighted by Gasteiger charge is -2.34. The number of halogens is 3. The van der Waals surface area contributed by atoms with Crippen LogP contribution in [0.3, 0.4) is 0 Å². The first-order valence-corrected chi connectivity index (χ1v) is 17.7. The van der Waals surface area contributed by atoms with Gasteiger partial charge in [0.1, 0.15) is 18.3 Å². The number of nitrogens with zero attached hydrogens (tertiary/aromatic N) is 2. The smallest absolute Gasteiger partial charge is 0.264 e. The average Bonchev–Trinajstić information content (AvgIpc) is 3.02. The summed E-state index contributed by atoms with van der Waals surface area (Å²) in [6.07, 6.45) is 5.29. The summed E-state index contributed by atoms with van der Waals surface area (Å²) >= 11 is 18.5. The molecule has 1 fully saturated rings. The fraction of sp³-hybridized carbons (Fsp3) is 0.394. The second-order valence-corrected chi connectivity index (χ2v) is 14.0. The van der Waals surface area contributed by atoms with Crippen molar-refractivity contribution in [2.24, 2.45) is 0 Å². The first-order chi connectivity index (χ1) is 21.5. The molecule has 0 aromatic heterocycles. The molecule has 12 heteroatoms.